The lowest BCUT2D eigenvalue weighted by molar-refractivity contribution is 0.498. The summed E-state index contributed by atoms with van der Waals surface area (Å²) >= 11 is 0. The summed E-state index contributed by atoms with van der Waals surface area (Å²) in [5.41, 5.74) is 1.36. The molecule has 2 aromatic rings. The van der Waals surface area contributed by atoms with Crippen LogP contribution in [0.25, 0.3) is 0 Å². The van der Waals surface area contributed by atoms with Crippen molar-refractivity contribution in [1.29, 1.82) is 0 Å². The highest BCUT2D eigenvalue weighted by molar-refractivity contribution is 7.87. The first-order valence-electron chi connectivity index (χ1n) is 9.14. The van der Waals surface area contributed by atoms with E-state index in [0.29, 0.717) is 17.6 Å². The van der Waals surface area contributed by atoms with Gasteiger partial charge in [-0.1, -0.05) is 46.0 Å². The summed E-state index contributed by atoms with van der Waals surface area (Å²) in [6.07, 6.45) is 2.07. The van der Waals surface area contributed by atoms with E-state index in [1.807, 2.05) is 0 Å². The quantitative estimate of drug-likeness (QED) is 0.662. The van der Waals surface area contributed by atoms with Gasteiger partial charge in [-0.15, -0.1) is 0 Å². The molecule has 156 valence electrons. The van der Waals surface area contributed by atoms with Crippen LogP contribution >= 0.6 is 0 Å². The molecule has 9 heteroatoms. The molecule has 0 aliphatic rings. The average molecular weight is 430 g/mol. The Morgan fingerprint density at radius 1 is 1.14 bits per heavy atom. The second-order valence-corrected chi connectivity index (χ2v) is 15.9. The Morgan fingerprint density at radius 2 is 1.75 bits per heavy atom. The average Bonchev–Trinajstić information content (AvgIpc) is 3.00. The van der Waals surface area contributed by atoms with Crippen molar-refractivity contribution in [3.63, 3.8) is 0 Å². The number of aryl methyl sites for hydroxylation is 2. The van der Waals surface area contributed by atoms with Crippen molar-refractivity contribution in [2.24, 2.45) is 0 Å². The van der Waals surface area contributed by atoms with Crippen molar-refractivity contribution in [3.8, 4) is 0 Å². The second-order valence-electron chi connectivity index (χ2n) is 8.73. The van der Waals surface area contributed by atoms with Crippen LogP contribution in [0.2, 0.25) is 18.1 Å². The summed E-state index contributed by atoms with van der Waals surface area (Å²) in [5.74, 6) is -1.76. The molecule has 0 saturated carbocycles. The third kappa shape index (κ3) is 4.21. The van der Waals surface area contributed by atoms with Gasteiger partial charge in [-0.25, -0.2) is 17.7 Å². The van der Waals surface area contributed by atoms with Gasteiger partial charge in [0.25, 0.3) is 0 Å². The number of halogens is 2. The van der Waals surface area contributed by atoms with Gasteiger partial charge in [-0.2, -0.15) is 12.7 Å². The topological polar surface area (TPSA) is 55.2 Å². The van der Waals surface area contributed by atoms with Crippen LogP contribution in [0.3, 0.4) is 0 Å². The highest BCUT2D eigenvalue weighted by Crippen LogP contribution is 2.35. The van der Waals surface area contributed by atoms with E-state index in [-0.39, 0.29) is 17.0 Å². The molecule has 0 saturated heterocycles. The van der Waals surface area contributed by atoms with E-state index in [4.69, 9.17) is 0 Å². The smallest absolute Gasteiger partial charge is 0.243 e. The molecule has 2 rings (SSSR count). The molecule has 0 N–H and O–H groups in total. The zero-order valence-electron chi connectivity index (χ0n) is 17.5. The van der Waals surface area contributed by atoms with Gasteiger partial charge in [-0.3, -0.25) is 0 Å². The fourth-order valence-corrected chi connectivity index (χ4v) is 6.24. The third-order valence-electron chi connectivity index (χ3n) is 5.55. The minimum Gasteiger partial charge on any atom is -0.243 e. The van der Waals surface area contributed by atoms with E-state index >= 15 is 0 Å². The first kappa shape index (κ1) is 22.7. The molecule has 0 amide bonds. The molecule has 5 nitrogen and oxygen atoms in total. The van der Waals surface area contributed by atoms with Crippen LogP contribution in [0, 0.1) is 11.6 Å². The van der Waals surface area contributed by atoms with E-state index in [1.54, 1.807) is 0 Å². The van der Waals surface area contributed by atoms with Crippen LogP contribution < -0.4 is 5.45 Å². The first-order valence-corrected chi connectivity index (χ1v) is 13.5. The van der Waals surface area contributed by atoms with Crippen molar-refractivity contribution in [2.75, 3.05) is 14.1 Å². The Labute approximate surface area is 167 Å². The highest BCUT2D eigenvalue weighted by atomic mass is 32.2. The molecule has 1 aromatic carbocycles. The summed E-state index contributed by atoms with van der Waals surface area (Å²) in [6.45, 7) is 10.4. The maximum atomic E-state index is 13.9. The zero-order chi connectivity index (χ0) is 21.5. The van der Waals surface area contributed by atoms with E-state index in [9.17, 15) is 17.2 Å². The number of aromatic nitrogens is 2. The summed E-state index contributed by atoms with van der Waals surface area (Å²) in [5, 5.41) is -0.121. The van der Waals surface area contributed by atoms with Gasteiger partial charge >= 0.3 is 10.2 Å². The Kier molecular flexibility index (Phi) is 6.23. The van der Waals surface area contributed by atoms with E-state index in [0.717, 1.165) is 10.4 Å². The molecule has 0 fully saturated rings. The van der Waals surface area contributed by atoms with E-state index in [2.05, 4.69) is 38.8 Å². The SMILES string of the molecule is CN(C)S(=O)(=O)n1cc(CCc2cccc(F)c2F)nc1[Si](C)(C)C(C)(C)C. The predicted molar refractivity (Wildman–Crippen MR) is 111 cm³/mol. The zero-order valence-corrected chi connectivity index (χ0v) is 19.4. The normalized spacial score (nSPS) is 13.4. The molecule has 0 aliphatic carbocycles. The molecular formula is C19H29F2N3O2SSi. The van der Waals surface area contributed by atoms with Crippen molar-refractivity contribution in [3.05, 3.63) is 47.3 Å². The first-order chi connectivity index (χ1) is 12.7. The van der Waals surface area contributed by atoms with Crippen LogP contribution in [-0.4, -0.2) is 43.8 Å². The second kappa shape index (κ2) is 7.68. The van der Waals surface area contributed by atoms with Crippen molar-refractivity contribution in [1.82, 2.24) is 13.3 Å². The fraction of sp³-hybridized carbons (Fsp3) is 0.526. The minimum atomic E-state index is -3.74. The molecule has 0 aliphatic heterocycles. The Balaban J connectivity index is 2.49. The minimum absolute atomic E-state index is 0.121. The lowest BCUT2D eigenvalue weighted by Gasteiger charge is -2.36. The van der Waals surface area contributed by atoms with Crippen LogP contribution in [-0.2, 0) is 23.1 Å². The highest BCUT2D eigenvalue weighted by Gasteiger charge is 2.43. The summed E-state index contributed by atoms with van der Waals surface area (Å²) in [4.78, 5) is 4.67. The molecular weight excluding hydrogens is 400 g/mol. The molecule has 0 radical (unpaired) electrons. The number of rotatable bonds is 6. The van der Waals surface area contributed by atoms with Crippen LogP contribution in [0.15, 0.2) is 24.4 Å². The van der Waals surface area contributed by atoms with Gasteiger partial charge in [0.15, 0.2) is 11.6 Å². The monoisotopic (exact) mass is 429 g/mol. The number of hydrogen-bond acceptors (Lipinski definition) is 3. The number of imidazole rings is 1. The summed E-state index contributed by atoms with van der Waals surface area (Å²) in [7, 11) is -3.06. The third-order valence-corrected chi connectivity index (χ3v) is 12.6. The molecule has 0 bridgehead atoms. The van der Waals surface area contributed by atoms with E-state index in [1.165, 1.54) is 36.4 Å². The summed E-state index contributed by atoms with van der Waals surface area (Å²) < 4.78 is 55.5. The Bertz CT molecular complexity index is 964. The lowest BCUT2D eigenvalue weighted by Crippen LogP contribution is -2.56. The fourth-order valence-electron chi connectivity index (χ4n) is 2.64. The largest absolute Gasteiger partial charge is 0.308 e. The van der Waals surface area contributed by atoms with Gasteiger partial charge in [0.2, 0.25) is 0 Å². The lowest BCUT2D eigenvalue weighted by atomic mass is 10.1. The van der Waals surface area contributed by atoms with Crippen LogP contribution in [0.1, 0.15) is 32.0 Å². The van der Waals surface area contributed by atoms with Crippen LogP contribution in [0.4, 0.5) is 8.78 Å². The standard InChI is InChI=1S/C19H29F2N3O2SSi/c1-19(2,3)28(6,7)18-22-15(13-24(18)27(25,26)23(4)5)12-11-14-9-8-10-16(20)17(14)21/h8-10,13H,11-12H2,1-7H3. The van der Waals surface area contributed by atoms with Gasteiger partial charge in [-0.05, 0) is 29.5 Å². The van der Waals surface area contributed by atoms with E-state index < -0.39 is 29.9 Å². The number of hydrogen-bond donors (Lipinski definition) is 0. The van der Waals surface area contributed by atoms with Gasteiger partial charge in [0, 0.05) is 20.3 Å². The summed E-state index contributed by atoms with van der Waals surface area (Å²) in [6, 6.07) is 4.07. The Hall–Kier alpha value is -1.58. The van der Waals surface area contributed by atoms with Gasteiger partial charge < -0.3 is 0 Å². The van der Waals surface area contributed by atoms with Crippen molar-refractivity contribution < 1.29 is 17.2 Å². The molecule has 0 atom stereocenters. The molecule has 0 spiro atoms. The van der Waals surface area contributed by atoms with Crippen molar-refractivity contribution in [2.45, 2.75) is 51.7 Å². The van der Waals surface area contributed by atoms with Crippen LogP contribution in [0.5, 0.6) is 0 Å². The van der Waals surface area contributed by atoms with Gasteiger partial charge in [0.05, 0.1) is 5.69 Å². The maximum absolute atomic E-state index is 13.9. The molecule has 28 heavy (non-hydrogen) atoms. The molecule has 1 heterocycles. The number of nitrogens with zero attached hydrogens (tertiary/aromatic N) is 3. The number of benzene rings is 1. The van der Waals surface area contributed by atoms with Crippen molar-refractivity contribution >= 4 is 23.7 Å². The Morgan fingerprint density at radius 3 is 2.29 bits per heavy atom. The van der Waals surface area contributed by atoms with Gasteiger partial charge in [0.1, 0.15) is 13.5 Å². The maximum Gasteiger partial charge on any atom is 0.308 e. The molecule has 1 aromatic heterocycles. The predicted octanol–water partition coefficient (Wildman–Crippen LogP) is 3.32. The molecule has 0 unspecified atom stereocenters.